The first kappa shape index (κ1) is 16.6. The van der Waals surface area contributed by atoms with Gasteiger partial charge in [-0.1, -0.05) is 54.6 Å². The Balaban J connectivity index is 1.84. The van der Waals surface area contributed by atoms with Gasteiger partial charge in [0.25, 0.3) is 0 Å². The highest BCUT2D eigenvalue weighted by atomic mass is 16.4. The van der Waals surface area contributed by atoms with Crippen LogP contribution >= 0.6 is 0 Å². The molecule has 1 atom stereocenters. The quantitative estimate of drug-likeness (QED) is 0.673. The van der Waals surface area contributed by atoms with Crippen molar-refractivity contribution in [2.45, 2.75) is 18.9 Å². The number of rotatable bonds is 7. The Labute approximate surface area is 145 Å². The van der Waals surface area contributed by atoms with E-state index in [4.69, 9.17) is 0 Å². The molecule has 3 aromatic rings. The van der Waals surface area contributed by atoms with E-state index in [1.807, 2.05) is 54.6 Å². The number of nitrogens with zero attached hydrogens (tertiary/aromatic N) is 2. The summed E-state index contributed by atoms with van der Waals surface area (Å²) in [6.45, 7) is 0.545. The van der Waals surface area contributed by atoms with Gasteiger partial charge in [0, 0.05) is 12.5 Å². The minimum absolute atomic E-state index is 0.0418. The van der Waals surface area contributed by atoms with Crippen LogP contribution in [0.4, 0.5) is 0 Å². The summed E-state index contributed by atoms with van der Waals surface area (Å²) in [7, 11) is 0. The van der Waals surface area contributed by atoms with Crippen LogP contribution in [0.15, 0.2) is 67.1 Å². The Morgan fingerprint density at radius 3 is 2.40 bits per heavy atom. The van der Waals surface area contributed by atoms with E-state index in [0.717, 1.165) is 23.0 Å². The predicted octanol–water partition coefficient (Wildman–Crippen LogP) is 3.35. The number of aliphatic carboxylic acids is 1. The zero-order valence-corrected chi connectivity index (χ0v) is 13.6. The Morgan fingerprint density at radius 2 is 1.76 bits per heavy atom. The maximum atomic E-state index is 11.3. The van der Waals surface area contributed by atoms with Crippen LogP contribution < -0.4 is 0 Å². The molecule has 0 amide bonds. The second-order valence-corrected chi connectivity index (χ2v) is 5.87. The number of hydrogen-bond acceptors (Lipinski definition) is 3. The maximum absolute atomic E-state index is 11.3. The highest BCUT2D eigenvalue weighted by Crippen LogP contribution is 2.28. The predicted molar refractivity (Wildman–Crippen MR) is 93.7 cm³/mol. The number of aldehydes is 1. The number of hydrogen-bond donors (Lipinski definition) is 1. The fourth-order valence-corrected chi connectivity index (χ4v) is 2.90. The number of carbonyl (C=O) groups is 2. The lowest BCUT2D eigenvalue weighted by Crippen LogP contribution is -2.08. The van der Waals surface area contributed by atoms with Crippen LogP contribution in [0.3, 0.4) is 0 Å². The molecule has 0 saturated heterocycles. The van der Waals surface area contributed by atoms with Crippen molar-refractivity contribution < 1.29 is 14.7 Å². The van der Waals surface area contributed by atoms with E-state index in [1.54, 1.807) is 10.9 Å². The van der Waals surface area contributed by atoms with Crippen LogP contribution in [0.5, 0.6) is 0 Å². The van der Waals surface area contributed by atoms with Gasteiger partial charge in [-0.15, -0.1) is 0 Å². The molecule has 0 radical (unpaired) electrons. The lowest BCUT2D eigenvalue weighted by molar-refractivity contribution is -0.137. The van der Waals surface area contributed by atoms with Crippen molar-refractivity contribution in [3.8, 4) is 0 Å². The van der Waals surface area contributed by atoms with E-state index < -0.39 is 5.97 Å². The van der Waals surface area contributed by atoms with Crippen LogP contribution in [0, 0.1) is 0 Å². The maximum Gasteiger partial charge on any atom is 0.304 e. The summed E-state index contributed by atoms with van der Waals surface area (Å²) in [5.41, 5.74) is 3.48. The van der Waals surface area contributed by atoms with Crippen molar-refractivity contribution >= 4 is 12.3 Å². The normalized spacial score (nSPS) is 11.8. The van der Waals surface area contributed by atoms with Gasteiger partial charge in [0.1, 0.15) is 5.69 Å². The average Bonchev–Trinajstić information content (AvgIpc) is 3.08. The summed E-state index contributed by atoms with van der Waals surface area (Å²) in [5.74, 6) is -1.02. The summed E-state index contributed by atoms with van der Waals surface area (Å²) in [5, 5.41) is 9.25. The molecule has 0 aliphatic heterocycles. The fraction of sp³-hybridized carbons (Fsp3) is 0.150. The minimum atomic E-state index is -0.827. The molecule has 0 fully saturated rings. The molecule has 1 N–H and O–H groups in total. The molecule has 0 spiro atoms. The van der Waals surface area contributed by atoms with Crippen LogP contribution in [-0.2, 0) is 11.3 Å². The zero-order chi connectivity index (χ0) is 17.6. The molecule has 0 aliphatic carbocycles. The minimum Gasteiger partial charge on any atom is -0.481 e. The average molecular weight is 334 g/mol. The SMILES string of the molecule is O=Cc1cncn1Cc1ccc(C(CC(=O)O)c2ccccc2)cc1. The van der Waals surface area contributed by atoms with Gasteiger partial charge in [-0.2, -0.15) is 0 Å². The molecule has 2 aromatic carbocycles. The number of carboxylic acid groups (broad SMARTS) is 1. The fourth-order valence-electron chi connectivity index (χ4n) is 2.90. The molecule has 0 bridgehead atoms. The molecule has 25 heavy (non-hydrogen) atoms. The van der Waals surface area contributed by atoms with E-state index >= 15 is 0 Å². The van der Waals surface area contributed by atoms with Gasteiger partial charge >= 0.3 is 5.97 Å². The van der Waals surface area contributed by atoms with E-state index in [2.05, 4.69) is 4.98 Å². The molecular formula is C20H18N2O3. The van der Waals surface area contributed by atoms with Gasteiger partial charge in [-0.25, -0.2) is 4.98 Å². The molecule has 1 aromatic heterocycles. The molecule has 3 rings (SSSR count). The van der Waals surface area contributed by atoms with Crippen LogP contribution in [0.1, 0.15) is 39.5 Å². The Morgan fingerprint density at radius 1 is 1.08 bits per heavy atom. The third-order valence-corrected chi connectivity index (χ3v) is 4.18. The van der Waals surface area contributed by atoms with Crippen molar-refractivity contribution in [2.24, 2.45) is 0 Å². The third-order valence-electron chi connectivity index (χ3n) is 4.18. The molecule has 126 valence electrons. The molecule has 5 nitrogen and oxygen atoms in total. The number of carbonyl (C=O) groups excluding carboxylic acids is 1. The highest BCUT2D eigenvalue weighted by molar-refractivity contribution is 5.71. The lowest BCUT2D eigenvalue weighted by atomic mass is 9.88. The van der Waals surface area contributed by atoms with Gasteiger partial charge in [0.05, 0.1) is 18.9 Å². The lowest BCUT2D eigenvalue weighted by Gasteiger charge is -2.16. The monoisotopic (exact) mass is 334 g/mol. The third kappa shape index (κ3) is 4.01. The van der Waals surface area contributed by atoms with Crippen molar-refractivity contribution in [1.82, 2.24) is 9.55 Å². The van der Waals surface area contributed by atoms with Crippen LogP contribution in [0.25, 0.3) is 0 Å². The van der Waals surface area contributed by atoms with Gasteiger partial charge in [-0.05, 0) is 16.7 Å². The molecule has 0 saturated carbocycles. The van der Waals surface area contributed by atoms with E-state index in [-0.39, 0.29) is 12.3 Å². The van der Waals surface area contributed by atoms with Crippen LogP contribution in [-0.4, -0.2) is 26.9 Å². The smallest absolute Gasteiger partial charge is 0.304 e. The number of aromatic nitrogens is 2. The van der Waals surface area contributed by atoms with Crippen LogP contribution in [0.2, 0.25) is 0 Å². The van der Waals surface area contributed by atoms with Gasteiger partial charge in [0.15, 0.2) is 6.29 Å². The van der Waals surface area contributed by atoms with Crippen molar-refractivity contribution in [2.75, 3.05) is 0 Å². The van der Waals surface area contributed by atoms with Crippen molar-refractivity contribution in [3.63, 3.8) is 0 Å². The summed E-state index contributed by atoms with van der Waals surface area (Å²) >= 11 is 0. The van der Waals surface area contributed by atoms with Gasteiger partial charge < -0.3 is 9.67 Å². The first-order chi connectivity index (χ1) is 12.2. The number of imidazole rings is 1. The summed E-state index contributed by atoms with van der Waals surface area (Å²) in [4.78, 5) is 26.2. The summed E-state index contributed by atoms with van der Waals surface area (Å²) < 4.78 is 1.77. The second kappa shape index (κ2) is 7.57. The first-order valence-corrected chi connectivity index (χ1v) is 7.98. The Hall–Kier alpha value is -3.21. The van der Waals surface area contributed by atoms with Gasteiger partial charge in [0.2, 0.25) is 0 Å². The zero-order valence-electron chi connectivity index (χ0n) is 13.6. The van der Waals surface area contributed by atoms with Crippen molar-refractivity contribution in [1.29, 1.82) is 0 Å². The van der Waals surface area contributed by atoms with Crippen molar-refractivity contribution in [3.05, 3.63) is 89.5 Å². The highest BCUT2D eigenvalue weighted by Gasteiger charge is 2.17. The van der Waals surface area contributed by atoms with E-state index in [9.17, 15) is 14.7 Å². The van der Waals surface area contributed by atoms with Gasteiger partial charge in [-0.3, -0.25) is 9.59 Å². The first-order valence-electron chi connectivity index (χ1n) is 7.98. The second-order valence-electron chi connectivity index (χ2n) is 5.87. The molecule has 5 heteroatoms. The largest absolute Gasteiger partial charge is 0.481 e. The molecule has 1 unspecified atom stereocenters. The summed E-state index contributed by atoms with van der Waals surface area (Å²) in [6.07, 6.45) is 3.97. The van der Waals surface area contributed by atoms with E-state index in [1.165, 1.54) is 6.20 Å². The summed E-state index contributed by atoms with van der Waals surface area (Å²) in [6, 6.07) is 17.5. The molecular weight excluding hydrogens is 316 g/mol. The molecule has 0 aliphatic rings. The molecule has 1 heterocycles. The Bertz CT molecular complexity index is 854. The van der Waals surface area contributed by atoms with E-state index in [0.29, 0.717) is 12.2 Å². The number of benzene rings is 2. The standard InChI is InChI=1S/C20H18N2O3/c23-13-18-11-21-14-22(18)12-15-6-8-17(9-7-15)19(10-20(24)25)16-4-2-1-3-5-16/h1-9,11,13-14,19H,10,12H2,(H,24,25). The number of carboxylic acids is 1. The Kier molecular flexibility index (Phi) is 5.04. The topological polar surface area (TPSA) is 72.2 Å².